The maximum absolute atomic E-state index is 12.0. The van der Waals surface area contributed by atoms with Crippen LogP contribution in [0.3, 0.4) is 0 Å². The SMILES string of the molecule is O=C(CCCNC(=O)c1ccc(C#CCOc2ccccc2)cc1)NO. The monoisotopic (exact) mass is 352 g/mol. The standard InChI is InChI=1S/C20H20N2O4/c23-19(22-25)9-4-14-21-20(24)17-12-10-16(11-13-17)6-5-15-26-18-7-2-1-3-8-18/h1-3,7-8,10-13,25H,4,9,14-15H2,(H,21,24)(H,22,23). The van der Waals surface area contributed by atoms with Crippen LogP contribution < -0.4 is 15.5 Å². The molecule has 2 amide bonds. The molecule has 0 atom stereocenters. The van der Waals surface area contributed by atoms with Crippen molar-refractivity contribution in [2.45, 2.75) is 12.8 Å². The molecule has 0 saturated heterocycles. The highest BCUT2D eigenvalue weighted by Gasteiger charge is 2.05. The van der Waals surface area contributed by atoms with Crippen LogP contribution >= 0.6 is 0 Å². The molecule has 0 radical (unpaired) electrons. The van der Waals surface area contributed by atoms with Crippen LogP contribution in [0.2, 0.25) is 0 Å². The second-order valence-electron chi connectivity index (χ2n) is 5.38. The number of hydroxylamine groups is 1. The van der Waals surface area contributed by atoms with Crippen molar-refractivity contribution in [2.75, 3.05) is 13.2 Å². The molecule has 0 aliphatic rings. The van der Waals surface area contributed by atoms with E-state index in [0.717, 1.165) is 11.3 Å². The summed E-state index contributed by atoms with van der Waals surface area (Å²) in [6.45, 7) is 0.637. The van der Waals surface area contributed by atoms with Crippen LogP contribution in [-0.4, -0.2) is 30.2 Å². The Morgan fingerprint density at radius 1 is 1.04 bits per heavy atom. The number of para-hydroxylation sites is 1. The largest absolute Gasteiger partial charge is 0.481 e. The zero-order chi connectivity index (χ0) is 18.6. The van der Waals surface area contributed by atoms with Gasteiger partial charge in [0.15, 0.2) is 0 Å². The van der Waals surface area contributed by atoms with Gasteiger partial charge >= 0.3 is 0 Å². The van der Waals surface area contributed by atoms with E-state index in [4.69, 9.17) is 9.94 Å². The van der Waals surface area contributed by atoms with Crippen LogP contribution in [0.15, 0.2) is 54.6 Å². The molecule has 3 N–H and O–H groups in total. The van der Waals surface area contributed by atoms with Crippen LogP contribution in [-0.2, 0) is 4.79 Å². The predicted octanol–water partition coefficient (Wildman–Crippen LogP) is 2.13. The molecule has 6 nitrogen and oxygen atoms in total. The molecule has 0 aliphatic carbocycles. The Morgan fingerprint density at radius 3 is 2.46 bits per heavy atom. The molecular weight excluding hydrogens is 332 g/mol. The van der Waals surface area contributed by atoms with E-state index in [2.05, 4.69) is 17.2 Å². The Kier molecular flexibility index (Phi) is 7.72. The van der Waals surface area contributed by atoms with E-state index in [1.165, 1.54) is 0 Å². The molecule has 0 saturated carbocycles. The summed E-state index contributed by atoms with van der Waals surface area (Å²) >= 11 is 0. The first-order valence-electron chi connectivity index (χ1n) is 8.17. The summed E-state index contributed by atoms with van der Waals surface area (Å²) < 4.78 is 5.49. The Labute approximate surface area is 152 Å². The fourth-order valence-electron chi connectivity index (χ4n) is 2.09. The summed E-state index contributed by atoms with van der Waals surface area (Å²) in [6, 6.07) is 16.4. The van der Waals surface area contributed by atoms with Crippen LogP contribution in [0.4, 0.5) is 0 Å². The first-order valence-corrected chi connectivity index (χ1v) is 8.17. The van der Waals surface area contributed by atoms with Crippen molar-refractivity contribution in [2.24, 2.45) is 0 Å². The summed E-state index contributed by atoms with van der Waals surface area (Å²) in [5.41, 5.74) is 2.85. The highest BCUT2D eigenvalue weighted by molar-refractivity contribution is 5.94. The Bertz CT molecular complexity index is 777. The molecule has 134 valence electrons. The van der Waals surface area contributed by atoms with Crippen molar-refractivity contribution in [1.29, 1.82) is 0 Å². The van der Waals surface area contributed by atoms with E-state index in [-0.39, 0.29) is 18.9 Å². The first kappa shape index (κ1) is 19.0. The Morgan fingerprint density at radius 2 is 1.77 bits per heavy atom. The lowest BCUT2D eigenvalue weighted by Crippen LogP contribution is -2.26. The van der Waals surface area contributed by atoms with Crippen molar-refractivity contribution >= 4 is 11.8 Å². The van der Waals surface area contributed by atoms with Gasteiger partial charge in [-0.05, 0) is 42.8 Å². The third-order valence-electron chi connectivity index (χ3n) is 3.42. The van der Waals surface area contributed by atoms with E-state index in [9.17, 15) is 9.59 Å². The third-order valence-corrected chi connectivity index (χ3v) is 3.42. The van der Waals surface area contributed by atoms with E-state index >= 15 is 0 Å². The summed E-state index contributed by atoms with van der Waals surface area (Å²) in [4.78, 5) is 22.8. The number of hydrogen-bond donors (Lipinski definition) is 3. The van der Waals surface area contributed by atoms with Crippen molar-refractivity contribution < 1.29 is 19.5 Å². The van der Waals surface area contributed by atoms with Gasteiger partial charge in [-0.25, -0.2) is 5.48 Å². The molecule has 0 heterocycles. The summed E-state index contributed by atoms with van der Waals surface area (Å²) in [5.74, 6) is 5.98. The lowest BCUT2D eigenvalue weighted by Gasteiger charge is -2.05. The molecule has 0 aliphatic heterocycles. The molecular formula is C20H20N2O4. The van der Waals surface area contributed by atoms with E-state index in [1.54, 1.807) is 29.7 Å². The van der Waals surface area contributed by atoms with Gasteiger partial charge in [0.2, 0.25) is 5.91 Å². The van der Waals surface area contributed by atoms with Gasteiger partial charge in [0, 0.05) is 24.1 Å². The maximum atomic E-state index is 12.0. The number of amides is 2. The molecule has 2 aromatic rings. The fourth-order valence-corrected chi connectivity index (χ4v) is 2.09. The minimum Gasteiger partial charge on any atom is -0.481 e. The minimum atomic E-state index is -0.474. The molecule has 26 heavy (non-hydrogen) atoms. The molecule has 0 bridgehead atoms. The second kappa shape index (κ2) is 10.5. The quantitative estimate of drug-likeness (QED) is 0.308. The van der Waals surface area contributed by atoms with Gasteiger partial charge in [-0.3, -0.25) is 14.8 Å². The van der Waals surface area contributed by atoms with Gasteiger partial charge in [0.25, 0.3) is 5.91 Å². The number of rotatable bonds is 7. The van der Waals surface area contributed by atoms with Gasteiger partial charge in [0.05, 0.1) is 0 Å². The summed E-state index contributed by atoms with van der Waals surface area (Å²) in [7, 11) is 0. The summed E-state index contributed by atoms with van der Waals surface area (Å²) in [6.07, 6.45) is 0.597. The highest BCUT2D eigenvalue weighted by Crippen LogP contribution is 2.07. The topological polar surface area (TPSA) is 87.7 Å². The van der Waals surface area contributed by atoms with E-state index in [0.29, 0.717) is 18.5 Å². The van der Waals surface area contributed by atoms with Crippen molar-refractivity contribution in [3.8, 4) is 17.6 Å². The normalized spacial score (nSPS) is 9.58. The average Bonchev–Trinajstić information content (AvgIpc) is 2.69. The zero-order valence-corrected chi connectivity index (χ0v) is 14.2. The van der Waals surface area contributed by atoms with Gasteiger partial charge in [-0.2, -0.15) is 0 Å². The number of carbonyl (C=O) groups is 2. The molecule has 2 rings (SSSR count). The molecule has 0 fully saturated rings. The van der Waals surface area contributed by atoms with E-state index in [1.807, 2.05) is 30.3 Å². The predicted molar refractivity (Wildman–Crippen MR) is 96.8 cm³/mol. The number of carbonyl (C=O) groups excluding carboxylic acids is 2. The zero-order valence-electron chi connectivity index (χ0n) is 14.2. The van der Waals surface area contributed by atoms with Gasteiger partial charge in [-0.15, -0.1) is 0 Å². The highest BCUT2D eigenvalue weighted by atomic mass is 16.5. The van der Waals surface area contributed by atoms with Crippen LogP contribution in [0.25, 0.3) is 0 Å². The third kappa shape index (κ3) is 6.67. The average molecular weight is 352 g/mol. The molecule has 6 heteroatoms. The van der Waals surface area contributed by atoms with Crippen LogP contribution in [0.1, 0.15) is 28.8 Å². The molecule has 0 aromatic heterocycles. The smallest absolute Gasteiger partial charge is 0.251 e. The lowest BCUT2D eigenvalue weighted by molar-refractivity contribution is -0.129. The second-order valence-corrected chi connectivity index (χ2v) is 5.38. The fraction of sp³-hybridized carbons (Fsp3) is 0.200. The molecule has 0 unspecified atom stereocenters. The lowest BCUT2D eigenvalue weighted by atomic mass is 10.1. The number of ether oxygens (including phenoxy) is 1. The van der Waals surface area contributed by atoms with Crippen LogP contribution in [0.5, 0.6) is 5.75 Å². The molecule has 2 aromatic carbocycles. The Balaban J connectivity index is 1.76. The van der Waals surface area contributed by atoms with Gasteiger partial charge in [0.1, 0.15) is 12.4 Å². The Hall–Kier alpha value is -3.30. The van der Waals surface area contributed by atoms with Crippen LogP contribution in [0, 0.1) is 11.8 Å². The maximum Gasteiger partial charge on any atom is 0.251 e. The molecule has 0 spiro atoms. The van der Waals surface area contributed by atoms with Crippen molar-refractivity contribution in [1.82, 2.24) is 10.8 Å². The summed E-state index contributed by atoms with van der Waals surface area (Å²) in [5, 5.41) is 11.1. The minimum absolute atomic E-state index is 0.149. The first-order chi connectivity index (χ1) is 12.7. The van der Waals surface area contributed by atoms with Crippen molar-refractivity contribution in [3.63, 3.8) is 0 Å². The van der Waals surface area contributed by atoms with Gasteiger partial charge in [-0.1, -0.05) is 30.0 Å². The number of nitrogens with one attached hydrogen (secondary N) is 2. The number of hydrogen-bond acceptors (Lipinski definition) is 4. The van der Waals surface area contributed by atoms with Gasteiger partial charge < -0.3 is 10.1 Å². The van der Waals surface area contributed by atoms with E-state index < -0.39 is 5.91 Å². The van der Waals surface area contributed by atoms with Crippen molar-refractivity contribution in [3.05, 3.63) is 65.7 Å². The number of benzene rings is 2.